The van der Waals surface area contributed by atoms with Gasteiger partial charge in [-0.2, -0.15) is 0 Å². The van der Waals surface area contributed by atoms with Gasteiger partial charge in [-0.15, -0.1) is 0 Å². The van der Waals surface area contributed by atoms with E-state index in [9.17, 15) is 0 Å². The van der Waals surface area contributed by atoms with Crippen LogP contribution in [0.15, 0.2) is 78.9 Å². The fourth-order valence-corrected chi connectivity index (χ4v) is 2.63. The Morgan fingerprint density at radius 2 is 1.16 bits per heavy atom. The Morgan fingerprint density at radius 1 is 0.600 bits per heavy atom. The average Bonchev–Trinajstić information content (AvgIpc) is 2.68. The lowest BCUT2D eigenvalue weighted by Crippen LogP contribution is -2.07. The van der Waals surface area contributed by atoms with Gasteiger partial charge in [0.2, 0.25) is 0 Å². The predicted octanol–water partition coefficient (Wildman–Crippen LogP) is 4.35. The fraction of sp³-hybridized carbons (Fsp3) is 0.182. The number of ether oxygens (including phenoxy) is 2. The van der Waals surface area contributed by atoms with E-state index in [1.807, 2.05) is 54.6 Å². The molecule has 0 saturated heterocycles. The molecular formula is C22H23NO2. The number of hydrogen-bond donors (Lipinski definition) is 1. The molecule has 3 heteroatoms. The van der Waals surface area contributed by atoms with E-state index in [1.165, 1.54) is 11.1 Å². The predicted molar refractivity (Wildman–Crippen MR) is 101 cm³/mol. The van der Waals surface area contributed by atoms with E-state index >= 15 is 0 Å². The van der Waals surface area contributed by atoms with Crippen LogP contribution in [0, 0.1) is 0 Å². The Balaban J connectivity index is 1.54. The minimum Gasteiger partial charge on any atom is -0.489 e. The van der Waals surface area contributed by atoms with Crippen LogP contribution in [-0.2, 0) is 19.6 Å². The molecule has 0 aromatic heterocycles. The first kappa shape index (κ1) is 17.1. The highest BCUT2D eigenvalue weighted by atomic mass is 16.5. The van der Waals surface area contributed by atoms with Crippen molar-refractivity contribution in [2.24, 2.45) is 5.73 Å². The molecule has 0 bridgehead atoms. The second-order valence-corrected chi connectivity index (χ2v) is 5.84. The summed E-state index contributed by atoms with van der Waals surface area (Å²) in [4.78, 5) is 0. The van der Waals surface area contributed by atoms with Crippen LogP contribution >= 0.6 is 0 Å². The zero-order valence-corrected chi connectivity index (χ0v) is 14.2. The number of benzene rings is 3. The topological polar surface area (TPSA) is 44.5 Å². The zero-order chi connectivity index (χ0) is 17.3. The first-order valence-electron chi connectivity index (χ1n) is 8.51. The van der Waals surface area contributed by atoms with Crippen molar-refractivity contribution in [1.82, 2.24) is 0 Å². The summed E-state index contributed by atoms with van der Waals surface area (Å²) in [6.45, 7) is 1.75. The van der Waals surface area contributed by atoms with Gasteiger partial charge in [0.25, 0.3) is 0 Å². The lowest BCUT2D eigenvalue weighted by atomic mass is 10.1. The molecule has 128 valence electrons. The molecule has 3 aromatic rings. The largest absolute Gasteiger partial charge is 0.489 e. The van der Waals surface area contributed by atoms with Crippen molar-refractivity contribution in [1.29, 1.82) is 0 Å². The molecule has 0 aliphatic heterocycles. The smallest absolute Gasteiger partial charge is 0.120 e. The molecule has 2 N–H and O–H groups in total. The third-order valence-corrected chi connectivity index (χ3v) is 4.00. The Kier molecular flexibility index (Phi) is 6.07. The van der Waals surface area contributed by atoms with Crippen molar-refractivity contribution in [2.75, 3.05) is 6.54 Å². The highest BCUT2D eigenvalue weighted by molar-refractivity contribution is 5.33. The van der Waals surface area contributed by atoms with Crippen molar-refractivity contribution < 1.29 is 9.47 Å². The van der Waals surface area contributed by atoms with Crippen molar-refractivity contribution in [3.8, 4) is 11.5 Å². The van der Waals surface area contributed by atoms with Crippen LogP contribution in [0.5, 0.6) is 11.5 Å². The van der Waals surface area contributed by atoms with Gasteiger partial charge in [0.05, 0.1) is 0 Å². The summed E-state index contributed by atoms with van der Waals surface area (Å²) in [6.07, 6.45) is 0.867. The molecule has 25 heavy (non-hydrogen) atoms. The molecule has 0 radical (unpaired) electrons. The van der Waals surface area contributed by atoms with E-state index in [-0.39, 0.29) is 0 Å². The maximum absolute atomic E-state index is 5.90. The maximum atomic E-state index is 5.90. The van der Waals surface area contributed by atoms with E-state index in [4.69, 9.17) is 15.2 Å². The third-order valence-electron chi connectivity index (χ3n) is 4.00. The average molecular weight is 333 g/mol. The highest BCUT2D eigenvalue weighted by Crippen LogP contribution is 2.20. The van der Waals surface area contributed by atoms with E-state index in [0.717, 1.165) is 23.5 Å². The molecule has 0 saturated carbocycles. The zero-order valence-electron chi connectivity index (χ0n) is 14.2. The van der Waals surface area contributed by atoms with Crippen LogP contribution in [0.25, 0.3) is 0 Å². The van der Waals surface area contributed by atoms with Gasteiger partial charge >= 0.3 is 0 Å². The molecule has 3 nitrogen and oxygen atoms in total. The molecule has 0 aliphatic carbocycles. The first-order chi connectivity index (χ1) is 12.3. The summed E-state index contributed by atoms with van der Waals surface area (Å²) in [5.74, 6) is 1.66. The van der Waals surface area contributed by atoms with E-state index in [0.29, 0.717) is 19.8 Å². The molecule has 3 aromatic carbocycles. The molecule has 0 fully saturated rings. The normalized spacial score (nSPS) is 10.4. The van der Waals surface area contributed by atoms with E-state index < -0.39 is 0 Å². The fourth-order valence-electron chi connectivity index (χ4n) is 2.63. The van der Waals surface area contributed by atoms with Gasteiger partial charge in [0, 0.05) is 0 Å². The first-order valence-corrected chi connectivity index (χ1v) is 8.51. The van der Waals surface area contributed by atoms with Gasteiger partial charge in [0.15, 0.2) is 0 Å². The molecule has 0 unspecified atom stereocenters. The number of hydrogen-bond acceptors (Lipinski definition) is 3. The summed E-state index contributed by atoms with van der Waals surface area (Å²) in [5, 5.41) is 0. The SMILES string of the molecule is NCCc1ccccc1COc1ccc(OCc2ccccc2)cc1. The van der Waals surface area contributed by atoms with Crippen LogP contribution in [0.2, 0.25) is 0 Å². The molecule has 0 heterocycles. The van der Waals surface area contributed by atoms with E-state index in [2.05, 4.69) is 24.3 Å². The molecule has 0 aliphatic rings. The Labute approximate surface area is 149 Å². The molecular weight excluding hydrogens is 310 g/mol. The van der Waals surface area contributed by atoms with Crippen molar-refractivity contribution in [2.45, 2.75) is 19.6 Å². The number of rotatable bonds is 8. The van der Waals surface area contributed by atoms with Gasteiger partial charge in [-0.25, -0.2) is 0 Å². The molecule has 0 atom stereocenters. The minimum atomic E-state index is 0.542. The summed E-state index contributed by atoms with van der Waals surface area (Å²) in [6, 6.07) is 26.1. The van der Waals surface area contributed by atoms with Crippen molar-refractivity contribution in [3.05, 3.63) is 95.6 Å². The van der Waals surface area contributed by atoms with Crippen LogP contribution < -0.4 is 15.2 Å². The molecule has 3 rings (SSSR count). The van der Waals surface area contributed by atoms with Gasteiger partial charge in [0.1, 0.15) is 24.7 Å². The maximum Gasteiger partial charge on any atom is 0.120 e. The van der Waals surface area contributed by atoms with Gasteiger partial charge < -0.3 is 15.2 Å². The van der Waals surface area contributed by atoms with Crippen LogP contribution in [0.3, 0.4) is 0 Å². The van der Waals surface area contributed by atoms with Crippen LogP contribution in [0.4, 0.5) is 0 Å². The Bertz CT molecular complexity index is 770. The van der Waals surface area contributed by atoms with Crippen molar-refractivity contribution >= 4 is 0 Å². The van der Waals surface area contributed by atoms with Crippen LogP contribution in [0.1, 0.15) is 16.7 Å². The summed E-state index contributed by atoms with van der Waals surface area (Å²) < 4.78 is 11.7. The van der Waals surface area contributed by atoms with Gasteiger partial charge in [-0.05, 0) is 53.9 Å². The van der Waals surface area contributed by atoms with Gasteiger partial charge in [-0.3, -0.25) is 0 Å². The molecule has 0 amide bonds. The number of nitrogens with two attached hydrogens (primary N) is 1. The summed E-state index contributed by atoms with van der Waals surface area (Å²) in [7, 11) is 0. The second kappa shape index (κ2) is 8.90. The summed E-state index contributed by atoms with van der Waals surface area (Å²) >= 11 is 0. The highest BCUT2D eigenvalue weighted by Gasteiger charge is 2.03. The second-order valence-electron chi connectivity index (χ2n) is 5.84. The van der Waals surface area contributed by atoms with E-state index in [1.54, 1.807) is 0 Å². The lowest BCUT2D eigenvalue weighted by molar-refractivity contribution is 0.296. The standard InChI is InChI=1S/C22H23NO2/c23-15-14-19-8-4-5-9-20(19)17-25-22-12-10-21(11-13-22)24-16-18-6-2-1-3-7-18/h1-13H,14-17,23H2. The third kappa shape index (κ3) is 5.10. The lowest BCUT2D eigenvalue weighted by Gasteiger charge is -2.11. The summed E-state index contributed by atoms with van der Waals surface area (Å²) in [5.41, 5.74) is 9.24. The monoisotopic (exact) mass is 333 g/mol. The molecule has 0 spiro atoms. The van der Waals surface area contributed by atoms with Crippen LogP contribution in [-0.4, -0.2) is 6.54 Å². The van der Waals surface area contributed by atoms with Crippen molar-refractivity contribution in [3.63, 3.8) is 0 Å². The Morgan fingerprint density at radius 3 is 1.80 bits per heavy atom. The minimum absolute atomic E-state index is 0.542. The van der Waals surface area contributed by atoms with Gasteiger partial charge in [-0.1, -0.05) is 54.6 Å². The quantitative estimate of drug-likeness (QED) is 0.667. The Hall–Kier alpha value is -2.78.